The number of aliphatic hydroxyl groups excluding tert-OH is 1. The summed E-state index contributed by atoms with van der Waals surface area (Å²) < 4.78 is 6.19. The molecule has 0 bridgehead atoms. The van der Waals surface area contributed by atoms with Gasteiger partial charge in [-0.3, -0.25) is 9.59 Å². The number of aromatic amines is 1. The molecule has 29 heavy (non-hydrogen) atoms. The van der Waals surface area contributed by atoms with Crippen molar-refractivity contribution in [2.24, 2.45) is 5.92 Å². The Bertz CT molecular complexity index is 1020. The number of carbonyl (C=O) groups is 2. The molecule has 1 atom stereocenters. The minimum atomic E-state index is -0.382. The molecule has 0 spiro atoms. The number of aliphatic hydroxyl groups is 1. The lowest BCUT2D eigenvalue weighted by molar-refractivity contribution is 0.0892. The number of aromatic nitrogens is 2. The van der Waals surface area contributed by atoms with Gasteiger partial charge in [-0.2, -0.15) is 0 Å². The molecule has 2 aromatic heterocycles. The highest BCUT2D eigenvalue weighted by Gasteiger charge is 2.25. The Morgan fingerprint density at radius 3 is 2.59 bits per heavy atom. The molecule has 7 nitrogen and oxygen atoms in total. The van der Waals surface area contributed by atoms with Crippen LogP contribution in [0.1, 0.15) is 46.0 Å². The van der Waals surface area contributed by atoms with Crippen LogP contribution >= 0.6 is 15.9 Å². The van der Waals surface area contributed by atoms with E-state index in [0.717, 1.165) is 10.0 Å². The minimum Gasteiger partial charge on any atom is -0.394 e. The molecular formula is C21H22BrN3O4. The largest absolute Gasteiger partial charge is 0.394 e. The third-order valence-electron chi connectivity index (χ3n) is 4.72. The second-order valence-corrected chi connectivity index (χ2v) is 8.02. The molecule has 0 saturated heterocycles. The van der Waals surface area contributed by atoms with Crippen LogP contribution in [0.15, 0.2) is 45.5 Å². The van der Waals surface area contributed by atoms with Crippen LogP contribution in [0.3, 0.4) is 0 Å². The molecular weight excluding hydrogens is 438 g/mol. The smallest absolute Gasteiger partial charge is 0.268 e. The summed E-state index contributed by atoms with van der Waals surface area (Å²) in [6.07, 6.45) is 1.48. The first-order chi connectivity index (χ1) is 13.8. The van der Waals surface area contributed by atoms with Crippen molar-refractivity contribution in [3.63, 3.8) is 0 Å². The van der Waals surface area contributed by atoms with E-state index in [9.17, 15) is 14.7 Å². The van der Waals surface area contributed by atoms with Crippen molar-refractivity contribution in [3.05, 3.63) is 63.6 Å². The van der Waals surface area contributed by atoms with Crippen LogP contribution < -0.4 is 5.32 Å². The second kappa shape index (κ2) is 8.75. The third kappa shape index (κ3) is 4.49. The Balaban J connectivity index is 1.87. The molecule has 3 aromatic rings. The first-order valence-corrected chi connectivity index (χ1v) is 9.98. The number of H-pyrrole nitrogens is 1. The number of rotatable bonds is 7. The zero-order valence-corrected chi connectivity index (χ0v) is 17.9. The van der Waals surface area contributed by atoms with Gasteiger partial charge in [-0.1, -0.05) is 47.1 Å². The normalized spacial score (nSPS) is 12.2. The molecule has 3 rings (SSSR count). The molecule has 1 aromatic carbocycles. The monoisotopic (exact) mass is 459 g/mol. The van der Waals surface area contributed by atoms with Crippen LogP contribution in [0.25, 0.3) is 11.3 Å². The highest BCUT2D eigenvalue weighted by Crippen LogP contribution is 2.28. The third-order valence-corrected chi connectivity index (χ3v) is 5.24. The standard InChI is InChI=1S/C21H22BrN3O4/c1-11(2)17(10-26)24-21(28)16-8-14(9-23-16)20(27)18-12(3)29-25-19(18)13-4-6-15(22)7-5-13/h4-9,11,17,23,26H,10H2,1-3H3,(H,24,28)/t17-/m1/s1. The zero-order chi connectivity index (χ0) is 21.1. The summed E-state index contributed by atoms with van der Waals surface area (Å²) in [6, 6.07) is 8.53. The number of amides is 1. The number of ketones is 1. The van der Waals surface area contributed by atoms with Crippen molar-refractivity contribution in [3.8, 4) is 11.3 Å². The Morgan fingerprint density at radius 1 is 1.28 bits per heavy atom. The summed E-state index contributed by atoms with van der Waals surface area (Å²) in [4.78, 5) is 28.4. The van der Waals surface area contributed by atoms with E-state index in [2.05, 4.69) is 31.4 Å². The van der Waals surface area contributed by atoms with Gasteiger partial charge in [0.15, 0.2) is 5.78 Å². The quantitative estimate of drug-likeness (QED) is 0.466. The topological polar surface area (TPSA) is 108 Å². The van der Waals surface area contributed by atoms with E-state index in [-0.39, 0.29) is 36.0 Å². The van der Waals surface area contributed by atoms with Crippen LogP contribution in [0.4, 0.5) is 0 Å². The number of aryl methyl sites for hydroxylation is 1. The predicted molar refractivity (Wildman–Crippen MR) is 112 cm³/mol. The van der Waals surface area contributed by atoms with Crippen molar-refractivity contribution in [1.82, 2.24) is 15.5 Å². The van der Waals surface area contributed by atoms with Crippen molar-refractivity contribution >= 4 is 27.6 Å². The van der Waals surface area contributed by atoms with Gasteiger partial charge >= 0.3 is 0 Å². The average Bonchev–Trinajstić information content (AvgIpc) is 3.33. The van der Waals surface area contributed by atoms with Crippen molar-refractivity contribution < 1.29 is 19.2 Å². The number of hydrogen-bond acceptors (Lipinski definition) is 5. The maximum atomic E-state index is 13.1. The number of hydrogen-bond donors (Lipinski definition) is 3. The van der Waals surface area contributed by atoms with Gasteiger partial charge in [-0.05, 0) is 31.0 Å². The molecule has 0 unspecified atom stereocenters. The maximum Gasteiger partial charge on any atom is 0.268 e. The summed E-state index contributed by atoms with van der Waals surface area (Å²) in [7, 11) is 0. The molecule has 0 aliphatic rings. The van der Waals surface area contributed by atoms with Gasteiger partial charge in [0.05, 0.1) is 18.2 Å². The molecule has 152 valence electrons. The lowest BCUT2D eigenvalue weighted by atomic mass is 9.99. The summed E-state index contributed by atoms with van der Waals surface area (Å²) in [5, 5.41) is 16.2. The second-order valence-electron chi connectivity index (χ2n) is 7.11. The fraction of sp³-hybridized carbons (Fsp3) is 0.286. The van der Waals surface area contributed by atoms with Crippen LogP contribution in [-0.4, -0.2) is 39.6 Å². The fourth-order valence-electron chi connectivity index (χ4n) is 2.91. The van der Waals surface area contributed by atoms with Crippen LogP contribution in [0, 0.1) is 12.8 Å². The maximum absolute atomic E-state index is 13.1. The molecule has 0 radical (unpaired) electrons. The van der Waals surface area contributed by atoms with Gasteiger partial charge in [0.1, 0.15) is 17.1 Å². The number of carbonyl (C=O) groups excluding carboxylic acids is 2. The highest BCUT2D eigenvalue weighted by molar-refractivity contribution is 9.10. The van der Waals surface area contributed by atoms with Gasteiger partial charge in [0, 0.05) is 21.8 Å². The Morgan fingerprint density at radius 2 is 1.97 bits per heavy atom. The Hall–Kier alpha value is -2.71. The molecule has 0 fully saturated rings. The van der Waals surface area contributed by atoms with Crippen LogP contribution in [0.5, 0.6) is 0 Å². The van der Waals surface area contributed by atoms with E-state index in [1.54, 1.807) is 6.92 Å². The zero-order valence-electron chi connectivity index (χ0n) is 16.3. The Labute approximate surface area is 176 Å². The molecule has 0 aliphatic carbocycles. The lowest BCUT2D eigenvalue weighted by Gasteiger charge is -2.19. The fourth-order valence-corrected chi connectivity index (χ4v) is 3.18. The van der Waals surface area contributed by atoms with E-state index >= 15 is 0 Å². The van der Waals surface area contributed by atoms with E-state index in [1.165, 1.54) is 12.3 Å². The summed E-state index contributed by atoms with van der Waals surface area (Å²) in [5.41, 5.74) is 2.13. The summed E-state index contributed by atoms with van der Waals surface area (Å²) >= 11 is 3.39. The first kappa shape index (κ1) is 21.0. The van der Waals surface area contributed by atoms with Gasteiger partial charge < -0.3 is 19.9 Å². The van der Waals surface area contributed by atoms with Gasteiger partial charge in [0.2, 0.25) is 0 Å². The summed E-state index contributed by atoms with van der Waals surface area (Å²) in [5.74, 6) is -0.195. The lowest BCUT2D eigenvalue weighted by Crippen LogP contribution is -2.41. The van der Waals surface area contributed by atoms with Crippen LogP contribution in [0.2, 0.25) is 0 Å². The highest BCUT2D eigenvalue weighted by atomic mass is 79.9. The van der Waals surface area contributed by atoms with Gasteiger partial charge in [0.25, 0.3) is 5.91 Å². The van der Waals surface area contributed by atoms with E-state index in [1.807, 2.05) is 38.1 Å². The van der Waals surface area contributed by atoms with Crippen molar-refractivity contribution in [2.75, 3.05) is 6.61 Å². The first-order valence-electron chi connectivity index (χ1n) is 9.18. The van der Waals surface area contributed by atoms with Crippen LogP contribution in [-0.2, 0) is 0 Å². The van der Waals surface area contributed by atoms with E-state index < -0.39 is 0 Å². The molecule has 3 N–H and O–H groups in total. The molecule has 2 heterocycles. The predicted octanol–water partition coefficient (Wildman–Crippen LogP) is 3.72. The number of nitrogens with zero attached hydrogens (tertiary/aromatic N) is 1. The molecule has 1 amide bonds. The molecule has 0 saturated carbocycles. The van der Waals surface area contributed by atoms with Crippen molar-refractivity contribution in [2.45, 2.75) is 26.8 Å². The number of nitrogens with one attached hydrogen (secondary N) is 2. The SMILES string of the molecule is Cc1onc(-c2ccc(Br)cc2)c1C(=O)c1c[nH]c(C(=O)N[C@H](CO)C(C)C)c1. The number of benzene rings is 1. The van der Waals surface area contributed by atoms with E-state index in [4.69, 9.17) is 4.52 Å². The molecule has 0 aliphatic heterocycles. The summed E-state index contributed by atoms with van der Waals surface area (Å²) in [6.45, 7) is 5.33. The molecule has 8 heteroatoms. The Kier molecular flexibility index (Phi) is 6.34. The van der Waals surface area contributed by atoms with Gasteiger partial charge in [-0.15, -0.1) is 0 Å². The van der Waals surface area contributed by atoms with Crippen molar-refractivity contribution in [1.29, 1.82) is 0 Å². The van der Waals surface area contributed by atoms with Gasteiger partial charge in [-0.25, -0.2) is 0 Å². The van der Waals surface area contributed by atoms with E-state index in [0.29, 0.717) is 22.6 Å². The number of halogens is 1. The minimum absolute atomic E-state index is 0.0770. The average molecular weight is 460 g/mol.